The Labute approximate surface area is 106 Å². The van der Waals surface area contributed by atoms with Gasteiger partial charge in [0.25, 0.3) is 0 Å². The van der Waals surface area contributed by atoms with E-state index in [0.29, 0.717) is 10.3 Å². The van der Waals surface area contributed by atoms with E-state index in [1.807, 2.05) is 17.8 Å². The third-order valence-corrected chi connectivity index (χ3v) is 4.60. The lowest BCUT2D eigenvalue weighted by Gasteiger charge is -2.21. The summed E-state index contributed by atoms with van der Waals surface area (Å²) < 4.78 is 0. The number of benzene rings is 1. The predicted molar refractivity (Wildman–Crippen MR) is 69.6 cm³/mol. The van der Waals surface area contributed by atoms with Crippen molar-refractivity contribution >= 4 is 29.6 Å². The summed E-state index contributed by atoms with van der Waals surface area (Å²) in [6.07, 6.45) is 7.42. The molecule has 86 valence electrons. The quantitative estimate of drug-likeness (QED) is 0.735. The van der Waals surface area contributed by atoms with Crippen molar-refractivity contribution in [3.63, 3.8) is 0 Å². The first-order valence-electron chi connectivity index (χ1n) is 5.71. The monoisotopic (exact) mass is 254 g/mol. The van der Waals surface area contributed by atoms with Crippen LogP contribution >= 0.6 is 23.4 Å². The minimum absolute atomic E-state index is 0.658. The van der Waals surface area contributed by atoms with Crippen LogP contribution in [0.5, 0.6) is 0 Å². The number of rotatable bonds is 3. The molecular weight excluding hydrogens is 240 g/mol. The lowest BCUT2D eigenvalue weighted by Crippen LogP contribution is -2.08. The normalized spacial score (nSPS) is 17.3. The molecule has 0 N–H and O–H groups in total. The van der Waals surface area contributed by atoms with E-state index < -0.39 is 0 Å². The van der Waals surface area contributed by atoms with Gasteiger partial charge in [-0.3, -0.25) is 4.79 Å². The fraction of sp³-hybridized carbons (Fsp3) is 0.462. The molecule has 0 radical (unpaired) electrons. The fourth-order valence-corrected chi connectivity index (χ4v) is 3.68. The van der Waals surface area contributed by atoms with Gasteiger partial charge in [-0.15, -0.1) is 11.8 Å². The molecule has 0 unspecified atom stereocenters. The Hall–Kier alpha value is -0.470. The van der Waals surface area contributed by atoms with Gasteiger partial charge in [0.1, 0.15) is 0 Å². The van der Waals surface area contributed by atoms with Gasteiger partial charge in [-0.25, -0.2) is 0 Å². The number of halogens is 1. The van der Waals surface area contributed by atoms with E-state index in [-0.39, 0.29) is 0 Å². The molecule has 0 saturated heterocycles. The summed E-state index contributed by atoms with van der Waals surface area (Å²) in [4.78, 5) is 12.0. The van der Waals surface area contributed by atoms with Gasteiger partial charge in [0.05, 0.1) is 0 Å². The van der Waals surface area contributed by atoms with Gasteiger partial charge in [0.2, 0.25) is 0 Å². The molecule has 1 aromatic carbocycles. The standard InChI is InChI=1S/C13H15ClOS/c14-11-7-6-10(9-15)13(8-11)16-12-4-2-1-3-5-12/h6-9,12H,1-5H2. The van der Waals surface area contributed by atoms with E-state index in [9.17, 15) is 4.79 Å². The van der Waals surface area contributed by atoms with Crippen molar-refractivity contribution in [1.82, 2.24) is 0 Å². The van der Waals surface area contributed by atoms with Crippen LogP contribution in [0.3, 0.4) is 0 Å². The molecule has 1 nitrogen and oxygen atoms in total. The molecule has 0 atom stereocenters. The first kappa shape index (κ1) is 12.0. The zero-order valence-electron chi connectivity index (χ0n) is 9.12. The molecule has 0 amide bonds. The largest absolute Gasteiger partial charge is 0.298 e. The zero-order valence-corrected chi connectivity index (χ0v) is 10.7. The van der Waals surface area contributed by atoms with Crippen molar-refractivity contribution in [3.8, 4) is 0 Å². The summed E-state index contributed by atoms with van der Waals surface area (Å²) >= 11 is 7.78. The SMILES string of the molecule is O=Cc1ccc(Cl)cc1SC1CCCCC1. The third kappa shape index (κ3) is 3.02. The van der Waals surface area contributed by atoms with Crippen LogP contribution in [0.15, 0.2) is 23.1 Å². The van der Waals surface area contributed by atoms with Gasteiger partial charge >= 0.3 is 0 Å². The van der Waals surface area contributed by atoms with Crippen molar-refractivity contribution < 1.29 is 4.79 Å². The van der Waals surface area contributed by atoms with Crippen LogP contribution in [0.1, 0.15) is 42.5 Å². The van der Waals surface area contributed by atoms with Gasteiger partial charge in [-0.2, -0.15) is 0 Å². The highest BCUT2D eigenvalue weighted by Crippen LogP contribution is 2.35. The Bertz CT molecular complexity index is 372. The molecular formula is C13H15ClOS. The fourth-order valence-electron chi connectivity index (χ4n) is 2.07. The average Bonchev–Trinajstić information content (AvgIpc) is 2.31. The number of carbonyl (C=O) groups excluding carboxylic acids is 1. The number of hydrogen-bond donors (Lipinski definition) is 0. The summed E-state index contributed by atoms with van der Waals surface area (Å²) in [7, 11) is 0. The van der Waals surface area contributed by atoms with Crippen molar-refractivity contribution in [3.05, 3.63) is 28.8 Å². The van der Waals surface area contributed by atoms with Gasteiger partial charge < -0.3 is 0 Å². The van der Waals surface area contributed by atoms with Crippen molar-refractivity contribution in [1.29, 1.82) is 0 Å². The minimum atomic E-state index is 0.658. The molecule has 3 heteroatoms. The van der Waals surface area contributed by atoms with Crippen LogP contribution in [0.2, 0.25) is 5.02 Å². The number of hydrogen-bond acceptors (Lipinski definition) is 2. The second-order valence-corrected chi connectivity index (χ2v) is 5.96. The topological polar surface area (TPSA) is 17.1 Å². The van der Waals surface area contributed by atoms with Gasteiger partial charge in [0, 0.05) is 20.7 Å². The highest BCUT2D eigenvalue weighted by molar-refractivity contribution is 8.00. The highest BCUT2D eigenvalue weighted by atomic mass is 35.5. The number of carbonyl (C=O) groups is 1. The van der Waals surface area contributed by atoms with Crippen molar-refractivity contribution in [2.24, 2.45) is 0 Å². The van der Waals surface area contributed by atoms with Crippen LogP contribution < -0.4 is 0 Å². The molecule has 1 fully saturated rings. The molecule has 2 rings (SSSR count). The molecule has 1 aromatic rings. The first-order valence-corrected chi connectivity index (χ1v) is 6.97. The third-order valence-electron chi connectivity index (χ3n) is 2.95. The average molecular weight is 255 g/mol. The molecule has 1 aliphatic rings. The van der Waals surface area contributed by atoms with Gasteiger partial charge in [-0.1, -0.05) is 30.9 Å². The Balaban J connectivity index is 2.12. The Kier molecular flexibility index (Phi) is 4.30. The van der Waals surface area contributed by atoms with E-state index >= 15 is 0 Å². The summed E-state index contributed by atoms with van der Waals surface area (Å²) in [5.74, 6) is 0. The van der Waals surface area contributed by atoms with E-state index in [4.69, 9.17) is 11.6 Å². The molecule has 0 aromatic heterocycles. The van der Waals surface area contributed by atoms with Crippen molar-refractivity contribution in [2.75, 3.05) is 0 Å². The minimum Gasteiger partial charge on any atom is -0.298 e. The zero-order chi connectivity index (χ0) is 11.4. The second kappa shape index (κ2) is 5.74. The predicted octanol–water partition coefficient (Wildman–Crippen LogP) is 4.58. The van der Waals surface area contributed by atoms with Gasteiger partial charge in [0.15, 0.2) is 6.29 Å². The smallest absolute Gasteiger partial charge is 0.151 e. The lowest BCUT2D eigenvalue weighted by molar-refractivity contribution is 0.112. The molecule has 1 aliphatic carbocycles. The maximum atomic E-state index is 10.9. The van der Waals surface area contributed by atoms with Gasteiger partial charge in [-0.05, 0) is 31.0 Å². The van der Waals surface area contributed by atoms with Crippen LogP contribution in [0, 0.1) is 0 Å². The molecule has 0 spiro atoms. The summed E-state index contributed by atoms with van der Waals surface area (Å²) in [6, 6.07) is 5.49. The van der Waals surface area contributed by atoms with E-state index in [2.05, 4.69) is 0 Å². The van der Waals surface area contributed by atoms with E-state index in [0.717, 1.165) is 16.7 Å². The van der Waals surface area contributed by atoms with Crippen LogP contribution in [0.4, 0.5) is 0 Å². The number of aldehydes is 1. The molecule has 1 saturated carbocycles. The maximum Gasteiger partial charge on any atom is 0.151 e. The van der Waals surface area contributed by atoms with Crippen molar-refractivity contribution in [2.45, 2.75) is 42.2 Å². The highest BCUT2D eigenvalue weighted by Gasteiger charge is 2.16. The molecule has 16 heavy (non-hydrogen) atoms. The molecule has 0 heterocycles. The van der Waals surface area contributed by atoms with E-state index in [1.54, 1.807) is 12.1 Å². The molecule has 0 aliphatic heterocycles. The molecule has 0 bridgehead atoms. The Morgan fingerprint density at radius 1 is 1.25 bits per heavy atom. The number of thioether (sulfide) groups is 1. The maximum absolute atomic E-state index is 10.9. The Morgan fingerprint density at radius 3 is 2.69 bits per heavy atom. The van der Waals surface area contributed by atoms with Crippen LogP contribution in [-0.4, -0.2) is 11.5 Å². The first-order chi connectivity index (χ1) is 7.79. The Morgan fingerprint density at radius 2 is 2.00 bits per heavy atom. The summed E-state index contributed by atoms with van der Waals surface area (Å²) in [5, 5.41) is 1.37. The van der Waals surface area contributed by atoms with E-state index in [1.165, 1.54) is 32.1 Å². The van der Waals surface area contributed by atoms with Crippen LogP contribution in [0.25, 0.3) is 0 Å². The summed E-state index contributed by atoms with van der Waals surface area (Å²) in [5.41, 5.74) is 0.764. The van der Waals surface area contributed by atoms with Crippen LogP contribution in [-0.2, 0) is 0 Å². The summed E-state index contributed by atoms with van der Waals surface area (Å²) in [6.45, 7) is 0. The lowest BCUT2D eigenvalue weighted by atomic mass is 10.0. The second-order valence-electron chi connectivity index (χ2n) is 4.18.